The number of nitriles is 1. The first-order valence-corrected chi connectivity index (χ1v) is 24.5. The predicted molar refractivity (Wildman–Crippen MR) is 260 cm³/mol. The summed E-state index contributed by atoms with van der Waals surface area (Å²) in [5, 5.41) is 26.2. The highest BCUT2D eigenvalue weighted by atomic mass is 35.5. The Morgan fingerprint density at radius 2 is 1.70 bits per heavy atom. The third kappa shape index (κ3) is 12.5. The number of ether oxygens (including phenoxy) is 2. The van der Waals surface area contributed by atoms with E-state index in [-0.39, 0.29) is 66.6 Å². The largest absolute Gasteiger partial charge is 0.489 e. The Morgan fingerprint density at radius 3 is 2.33 bits per heavy atom. The first-order valence-electron chi connectivity index (χ1n) is 23.2. The minimum absolute atomic E-state index is 0.0333. The van der Waals surface area contributed by atoms with Gasteiger partial charge in [-0.2, -0.15) is 5.26 Å². The average molecular weight is 954 g/mol. The number of ketones is 1. The molecule has 0 bridgehead atoms. The van der Waals surface area contributed by atoms with Crippen LogP contribution in [-0.2, 0) is 32.0 Å². The number of carbonyl (C=O) groups excluding carboxylic acids is 4. The van der Waals surface area contributed by atoms with Crippen molar-refractivity contribution >= 4 is 46.4 Å². The fraction of sp³-hybridized carbons (Fsp3) is 0.519. The summed E-state index contributed by atoms with van der Waals surface area (Å²) in [6.45, 7) is 16.0. The lowest BCUT2D eigenvalue weighted by Crippen LogP contribution is -2.74. The van der Waals surface area contributed by atoms with Gasteiger partial charge in [0.1, 0.15) is 30.6 Å². The standard InChI is InChI=1S/C52H65ClN6O7S/c1-32-44(67-31-56-32)34-17-14-33(15-18-34)16-23-42(61)41-25-38(60)29-59(41)47(64)45(50(2,3)4)57-43(62)30-65-24-12-10-9-11-13-37-21-19-36(28-55-37)46(63)58-48-51(5,6)49(52(48,7)8)66-39-22-20-35(27-54)40(53)26-39/h14-15,17-22,26,28,31,38,41,45,48-49,60H,9-13,16,23-25,29-30H2,1-8H3,(H,57,62)(H,58,63)/t38-,41+,45-,48?,49?/m1/s1. The molecule has 13 nitrogen and oxygen atoms in total. The second kappa shape index (κ2) is 21.8. The van der Waals surface area contributed by atoms with E-state index in [0.717, 1.165) is 59.5 Å². The normalized spacial score (nSPS) is 20.0. The summed E-state index contributed by atoms with van der Waals surface area (Å²) in [7, 11) is 0. The van der Waals surface area contributed by atoms with Gasteiger partial charge in [0.05, 0.1) is 44.4 Å². The van der Waals surface area contributed by atoms with Crippen LogP contribution in [-0.4, -0.2) is 93.6 Å². The highest BCUT2D eigenvalue weighted by molar-refractivity contribution is 7.13. The number of hydrogen-bond donors (Lipinski definition) is 3. The van der Waals surface area contributed by atoms with E-state index in [2.05, 4.69) is 54.4 Å². The summed E-state index contributed by atoms with van der Waals surface area (Å²) in [6, 6.07) is 17.0. The molecule has 1 aliphatic heterocycles. The number of halogens is 1. The van der Waals surface area contributed by atoms with Crippen LogP contribution in [0.15, 0.2) is 66.3 Å². The van der Waals surface area contributed by atoms with Crippen molar-refractivity contribution in [3.63, 3.8) is 0 Å². The molecular formula is C52H65ClN6O7S. The zero-order valence-electron chi connectivity index (χ0n) is 40.0. The third-order valence-corrected chi connectivity index (χ3v) is 14.5. The lowest BCUT2D eigenvalue weighted by Gasteiger charge is -2.63. The second-order valence-electron chi connectivity index (χ2n) is 20.2. The Labute approximate surface area is 404 Å². The van der Waals surface area contributed by atoms with Gasteiger partial charge in [-0.15, -0.1) is 11.3 Å². The van der Waals surface area contributed by atoms with Gasteiger partial charge in [0.15, 0.2) is 5.78 Å². The summed E-state index contributed by atoms with van der Waals surface area (Å²) in [5.41, 5.74) is 5.23. The Kier molecular flexibility index (Phi) is 16.7. The van der Waals surface area contributed by atoms with Crippen LogP contribution in [0.5, 0.6) is 5.75 Å². The number of thiazole rings is 1. The topological polar surface area (TPSA) is 184 Å². The lowest BCUT2D eigenvalue weighted by atomic mass is 9.49. The van der Waals surface area contributed by atoms with Crippen molar-refractivity contribution in [2.75, 3.05) is 19.8 Å². The number of hydrogen-bond acceptors (Lipinski definition) is 11. The molecule has 0 spiro atoms. The molecule has 3 heterocycles. The molecule has 2 aliphatic rings. The number of β-amino-alcohol motifs (C(OH)–C–C–N with tert-alkyl or cyclic N) is 1. The SMILES string of the molecule is Cc1ncsc1-c1ccc(CCC(=O)[C@@H]2C[C@@H](O)CN2C(=O)[C@@H](NC(=O)COCCCCCCc2ccc(C(=O)NC3C(C)(C)C(Oc4ccc(C#N)c(Cl)c4)C3(C)C)cn2)C(C)(C)C)cc1. The van der Waals surface area contributed by atoms with Crippen LogP contribution in [0.2, 0.25) is 5.02 Å². The molecule has 2 fully saturated rings. The number of aryl methyl sites for hydroxylation is 3. The number of amides is 3. The summed E-state index contributed by atoms with van der Waals surface area (Å²) in [4.78, 5) is 65.4. The van der Waals surface area contributed by atoms with Gasteiger partial charge in [0, 0.05) is 60.8 Å². The highest BCUT2D eigenvalue weighted by Crippen LogP contribution is 2.55. The number of carbonyl (C=O) groups is 4. The van der Waals surface area contributed by atoms with Crippen LogP contribution in [0.1, 0.15) is 120 Å². The van der Waals surface area contributed by atoms with E-state index in [4.69, 9.17) is 21.1 Å². The molecule has 2 aromatic carbocycles. The molecular weight excluding hydrogens is 888 g/mol. The fourth-order valence-electron chi connectivity index (χ4n) is 9.76. The number of rotatable bonds is 20. The minimum atomic E-state index is -0.915. The molecule has 67 heavy (non-hydrogen) atoms. The van der Waals surface area contributed by atoms with Crippen LogP contribution in [0.4, 0.5) is 0 Å². The summed E-state index contributed by atoms with van der Waals surface area (Å²) in [5.74, 6) is -0.535. The van der Waals surface area contributed by atoms with Gasteiger partial charge in [0.25, 0.3) is 5.91 Å². The zero-order chi connectivity index (χ0) is 48.7. The van der Waals surface area contributed by atoms with Crippen LogP contribution in [0.3, 0.4) is 0 Å². The number of benzene rings is 2. The predicted octanol–water partition coefficient (Wildman–Crippen LogP) is 8.46. The number of nitrogens with one attached hydrogen (secondary N) is 2. The van der Waals surface area contributed by atoms with Crippen molar-refractivity contribution < 1.29 is 33.8 Å². The van der Waals surface area contributed by atoms with E-state index in [0.29, 0.717) is 34.9 Å². The van der Waals surface area contributed by atoms with Crippen molar-refractivity contribution in [1.29, 1.82) is 5.26 Å². The fourth-order valence-corrected chi connectivity index (χ4v) is 10.8. The summed E-state index contributed by atoms with van der Waals surface area (Å²) in [6.07, 6.45) is 5.74. The monoisotopic (exact) mass is 952 g/mol. The lowest BCUT2D eigenvalue weighted by molar-refractivity contribution is -0.164. The number of nitrogens with zero attached hydrogens (tertiary/aromatic N) is 4. The number of aliphatic hydroxyl groups is 1. The van der Waals surface area contributed by atoms with Crippen molar-refractivity contribution in [3.05, 3.63) is 99.4 Å². The van der Waals surface area contributed by atoms with Crippen molar-refractivity contribution in [3.8, 4) is 22.3 Å². The Morgan fingerprint density at radius 1 is 0.985 bits per heavy atom. The molecule has 0 radical (unpaired) electrons. The molecule has 15 heteroatoms. The third-order valence-electron chi connectivity index (χ3n) is 13.2. The van der Waals surface area contributed by atoms with E-state index in [1.807, 2.05) is 63.5 Å². The Hall–Kier alpha value is -5.20. The van der Waals surface area contributed by atoms with Gasteiger partial charge in [-0.05, 0) is 73.4 Å². The average Bonchev–Trinajstić information content (AvgIpc) is 3.91. The maximum atomic E-state index is 14.0. The zero-order valence-corrected chi connectivity index (χ0v) is 41.6. The number of unbranched alkanes of at least 4 members (excludes halogenated alkanes) is 3. The van der Waals surface area contributed by atoms with Crippen LogP contribution >= 0.6 is 22.9 Å². The smallest absolute Gasteiger partial charge is 0.253 e. The highest BCUT2D eigenvalue weighted by Gasteiger charge is 2.64. The molecule has 358 valence electrons. The van der Waals surface area contributed by atoms with Crippen molar-refractivity contribution in [2.45, 2.75) is 137 Å². The number of Topliss-reactive ketones (excluding diaryl/α,β-unsaturated/α-hetero) is 1. The van der Waals surface area contributed by atoms with E-state index < -0.39 is 29.5 Å². The number of aliphatic hydroxyl groups excluding tert-OH is 1. The molecule has 1 aliphatic carbocycles. The summed E-state index contributed by atoms with van der Waals surface area (Å²) < 4.78 is 12.1. The second-order valence-corrected chi connectivity index (χ2v) is 21.5. The Bertz CT molecular complexity index is 2410. The van der Waals surface area contributed by atoms with Gasteiger partial charge in [-0.3, -0.25) is 24.2 Å². The van der Waals surface area contributed by atoms with Gasteiger partial charge in [0.2, 0.25) is 11.8 Å². The molecule has 1 saturated heterocycles. The number of pyridine rings is 1. The van der Waals surface area contributed by atoms with E-state index >= 15 is 0 Å². The van der Waals surface area contributed by atoms with Gasteiger partial charge >= 0.3 is 0 Å². The molecule has 3 N–H and O–H groups in total. The van der Waals surface area contributed by atoms with Gasteiger partial charge in [-0.1, -0.05) is 97.2 Å². The van der Waals surface area contributed by atoms with Gasteiger partial charge < -0.3 is 30.1 Å². The van der Waals surface area contributed by atoms with Gasteiger partial charge in [-0.25, -0.2) is 4.98 Å². The molecule has 2 aromatic heterocycles. The van der Waals surface area contributed by atoms with E-state index in [1.165, 1.54) is 4.90 Å². The quantitative estimate of drug-likeness (QED) is 0.0727. The van der Waals surface area contributed by atoms with Crippen LogP contribution in [0, 0.1) is 34.5 Å². The maximum Gasteiger partial charge on any atom is 0.253 e. The molecule has 4 aromatic rings. The van der Waals surface area contributed by atoms with E-state index in [9.17, 15) is 29.5 Å². The molecule has 0 unspecified atom stereocenters. The molecule has 3 atom stereocenters. The first kappa shape index (κ1) is 51.2. The molecule has 6 rings (SSSR count). The Balaban J connectivity index is 0.878. The summed E-state index contributed by atoms with van der Waals surface area (Å²) >= 11 is 7.83. The van der Waals surface area contributed by atoms with E-state index in [1.54, 1.807) is 41.8 Å². The minimum Gasteiger partial charge on any atom is -0.489 e. The molecule has 1 saturated carbocycles. The van der Waals surface area contributed by atoms with Crippen molar-refractivity contribution in [1.82, 2.24) is 25.5 Å². The van der Waals surface area contributed by atoms with Crippen molar-refractivity contribution in [2.24, 2.45) is 16.2 Å². The molecule has 3 amide bonds. The first-order chi connectivity index (χ1) is 31.7. The van der Waals surface area contributed by atoms with Crippen LogP contribution < -0.4 is 15.4 Å². The number of likely N-dealkylation sites (tertiary alicyclic amines) is 1. The maximum absolute atomic E-state index is 14.0. The van der Waals surface area contributed by atoms with Crippen LogP contribution in [0.25, 0.3) is 10.4 Å². The number of aromatic nitrogens is 2.